The molecule has 2 N–H and O–H groups in total. The number of halogens is 1. The van der Waals surface area contributed by atoms with E-state index in [0.29, 0.717) is 18.5 Å². The topological polar surface area (TPSA) is 88.0 Å². The molecule has 3 aromatic heterocycles. The molecule has 1 saturated carbocycles. The number of hydrogen-bond donors (Lipinski definition) is 2. The Bertz CT molecular complexity index is 1300. The van der Waals surface area contributed by atoms with Crippen molar-refractivity contribution in [2.24, 2.45) is 10.9 Å². The minimum atomic E-state index is -0.288. The molecule has 0 saturated heterocycles. The molecule has 7 nitrogen and oxygen atoms in total. The number of carbonyl (C=O) groups is 1. The second kappa shape index (κ2) is 9.75. The summed E-state index contributed by atoms with van der Waals surface area (Å²) in [5.41, 5.74) is 3.54. The van der Waals surface area contributed by atoms with E-state index in [2.05, 4.69) is 31.6 Å². The molecule has 0 spiro atoms. The van der Waals surface area contributed by atoms with E-state index in [1.165, 1.54) is 12.1 Å². The third-order valence-corrected chi connectivity index (χ3v) is 6.91. The van der Waals surface area contributed by atoms with Crippen LogP contribution in [-0.4, -0.2) is 38.7 Å². The molecule has 0 radical (unpaired) electrons. The summed E-state index contributed by atoms with van der Waals surface area (Å²) in [6.45, 7) is 4.78. The van der Waals surface area contributed by atoms with Gasteiger partial charge in [-0.25, -0.2) is 14.4 Å². The van der Waals surface area contributed by atoms with Gasteiger partial charge in [0.05, 0.1) is 18.1 Å². The maximum absolute atomic E-state index is 13.2. The molecule has 5 rings (SSSR count). The van der Waals surface area contributed by atoms with Gasteiger partial charge in [-0.05, 0) is 68.5 Å². The number of nitrogens with zero attached hydrogens (tertiary/aromatic N) is 4. The highest BCUT2D eigenvalue weighted by Gasteiger charge is 2.27. The van der Waals surface area contributed by atoms with Gasteiger partial charge in [0, 0.05) is 30.7 Å². The first-order chi connectivity index (χ1) is 16.6. The molecule has 1 fully saturated rings. The largest absolute Gasteiger partial charge is 0.352 e. The van der Waals surface area contributed by atoms with Gasteiger partial charge < -0.3 is 19.9 Å². The number of H-pyrrole nitrogens is 1. The molecule has 1 aliphatic rings. The maximum atomic E-state index is 13.2. The molecule has 34 heavy (non-hydrogen) atoms. The average Bonchev–Trinajstić information content (AvgIpc) is 3.47. The summed E-state index contributed by atoms with van der Waals surface area (Å²) in [4.78, 5) is 29.4. The minimum absolute atomic E-state index is 0.107. The number of hydrogen-bond acceptors (Lipinski definition) is 4. The van der Waals surface area contributed by atoms with Crippen LogP contribution in [0, 0.1) is 11.7 Å². The lowest BCUT2D eigenvalue weighted by atomic mass is 9.84. The van der Waals surface area contributed by atoms with Crippen LogP contribution in [0.25, 0.3) is 22.1 Å². The van der Waals surface area contributed by atoms with Gasteiger partial charge in [0.2, 0.25) is 5.91 Å². The lowest BCUT2D eigenvalue weighted by molar-refractivity contribution is -0.120. The zero-order chi connectivity index (χ0) is 23.5. The average molecular weight is 461 g/mol. The Kier molecular flexibility index (Phi) is 6.38. The summed E-state index contributed by atoms with van der Waals surface area (Å²) in [6.07, 6.45) is 9.31. The summed E-state index contributed by atoms with van der Waals surface area (Å²) in [5.74, 6) is 1.04. The highest BCUT2D eigenvalue weighted by molar-refractivity contribution is 6.01. The summed E-state index contributed by atoms with van der Waals surface area (Å²) >= 11 is 0. The van der Waals surface area contributed by atoms with Crippen LogP contribution < -0.4 is 5.32 Å². The first-order valence-electron chi connectivity index (χ1n) is 11.9. The van der Waals surface area contributed by atoms with Gasteiger partial charge in [-0.1, -0.05) is 12.1 Å². The van der Waals surface area contributed by atoms with Crippen molar-refractivity contribution in [2.45, 2.75) is 51.1 Å². The van der Waals surface area contributed by atoms with Gasteiger partial charge in [-0.15, -0.1) is 0 Å². The van der Waals surface area contributed by atoms with Crippen molar-refractivity contribution in [2.75, 3.05) is 6.54 Å². The van der Waals surface area contributed by atoms with Gasteiger partial charge in [0.15, 0.2) is 0 Å². The molecule has 0 atom stereocenters. The standard InChI is InChI=1S/C26H29FN6O/c1-28-12-10-17-4-8-20(9-5-17)33-23(14-24(34)30-15-18-2-6-19(27)7-3-18)32-22-16-31-26-21(25(22)33)11-13-29-26/h2-3,6-7,11,13,16-17,20H,1,4-5,8-10,12,14-15H2,(H,29,31)(H,30,34)/t17-,20-. The van der Waals surface area contributed by atoms with E-state index in [0.717, 1.165) is 72.1 Å². The van der Waals surface area contributed by atoms with Crippen molar-refractivity contribution in [3.63, 3.8) is 0 Å². The molecule has 4 aromatic rings. The normalized spacial score (nSPS) is 18.4. The number of fused-ring (bicyclic) bond motifs is 3. The van der Waals surface area contributed by atoms with Crippen LogP contribution in [0.1, 0.15) is 49.5 Å². The lowest BCUT2D eigenvalue weighted by Crippen LogP contribution is -2.27. The molecule has 1 aromatic carbocycles. The van der Waals surface area contributed by atoms with Gasteiger partial charge >= 0.3 is 0 Å². The molecule has 0 unspecified atom stereocenters. The maximum Gasteiger partial charge on any atom is 0.227 e. The third kappa shape index (κ3) is 4.58. The van der Waals surface area contributed by atoms with Crippen LogP contribution >= 0.6 is 0 Å². The van der Waals surface area contributed by atoms with E-state index < -0.39 is 0 Å². The van der Waals surface area contributed by atoms with Gasteiger partial charge in [0.25, 0.3) is 0 Å². The zero-order valence-electron chi connectivity index (χ0n) is 19.1. The molecule has 0 bridgehead atoms. The van der Waals surface area contributed by atoms with Gasteiger partial charge in [-0.2, -0.15) is 0 Å². The predicted octanol–water partition coefficient (Wildman–Crippen LogP) is 4.73. The lowest BCUT2D eigenvalue weighted by Gasteiger charge is -2.30. The van der Waals surface area contributed by atoms with E-state index >= 15 is 0 Å². The molecule has 3 heterocycles. The number of aromatic nitrogens is 4. The smallest absolute Gasteiger partial charge is 0.227 e. The quantitative estimate of drug-likeness (QED) is 0.373. The van der Waals surface area contributed by atoms with Crippen LogP contribution in [0.15, 0.2) is 47.7 Å². The molecular weight excluding hydrogens is 431 g/mol. The predicted molar refractivity (Wildman–Crippen MR) is 131 cm³/mol. The molecule has 176 valence electrons. The molecule has 1 aliphatic carbocycles. The molecule has 8 heteroatoms. The van der Waals surface area contributed by atoms with E-state index in [9.17, 15) is 9.18 Å². The number of aliphatic imine (C=N–C) groups is 1. The highest BCUT2D eigenvalue weighted by atomic mass is 19.1. The van der Waals surface area contributed by atoms with E-state index in [1.54, 1.807) is 18.3 Å². The van der Waals surface area contributed by atoms with Crippen molar-refractivity contribution in [3.05, 3.63) is 59.9 Å². The Hall–Kier alpha value is -3.55. The van der Waals surface area contributed by atoms with Crippen molar-refractivity contribution < 1.29 is 9.18 Å². The van der Waals surface area contributed by atoms with E-state index in [4.69, 9.17) is 4.98 Å². The number of rotatable bonds is 8. The fourth-order valence-electron chi connectivity index (χ4n) is 5.13. The van der Waals surface area contributed by atoms with Crippen molar-refractivity contribution in [3.8, 4) is 0 Å². The SMILES string of the molecule is C=NCC[C@H]1CC[C@H](n2c(CC(=O)NCc3ccc(F)cc3)nc3cnc4[nH]ccc4c32)CC1. The number of nitrogens with one attached hydrogen (secondary N) is 2. The van der Waals surface area contributed by atoms with E-state index in [1.807, 2.05) is 12.3 Å². The fraction of sp³-hybridized carbons (Fsp3) is 0.385. The summed E-state index contributed by atoms with van der Waals surface area (Å²) in [6, 6.07) is 8.48. The van der Waals surface area contributed by atoms with Crippen molar-refractivity contribution in [1.29, 1.82) is 0 Å². The van der Waals surface area contributed by atoms with Crippen molar-refractivity contribution in [1.82, 2.24) is 24.8 Å². The number of carbonyl (C=O) groups excluding carboxylic acids is 1. The first kappa shape index (κ1) is 22.3. The number of amides is 1. The zero-order valence-corrected chi connectivity index (χ0v) is 19.1. The van der Waals surface area contributed by atoms with Gasteiger partial charge in [-0.3, -0.25) is 4.79 Å². The van der Waals surface area contributed by atoms with Crippen LogP contribution in [0.5, 0.6) is 0 Å². The Morgan fingerprint density at radius 1 is 1.21 bits per heavy atom. The molecule has 1 amide bonds. The number of pyridine rings is 1. The summed E-state index contributed by atoms with van der Waals surface area (Å²) < 4.78 is 15.4. The first-order valence-corrected chi connectivity index (χ1v) is 11.9. The molecular formula is C26H29FN6O. The Labute approximate surface area is 197 Å². The monoisotopic (exact) mass is 460 g/mol. The van der Waals surface area contributed by atoms with Crippen LogP contribution in [0.2, 0.25) is 0 Å². The second-order valence-electron chi connectivity index (χ2n) is 9.12. The number of aromatic amines is 1. The Balaban J connectivity index is 1.40. The van der Waals surface area contributed by atoms with Crippen molar-refractivity contribution >= 4 is 34.7 Å². The highest BCUT2D eigenvalue weighted by Crippen LogP contribution is 2.38. The van der Waals surface area contributed by atoms with Crippen LogP contribution in [0.3, 0.4) is 0 Å². The fourth-order valence-corrected chi connectivity index (χ4v) is 5.13. The van der Waals surface area contributed by atoms with Gasteiger partial charge in [0.1, 0.15) is 22.8 Å². The Morgan fingerprint density at radius 3 is 2.76 bits per heavy atom. The Morgan fingerprint density at radius 2 is 2.00 bits per heavy atom. The summed E-state index contributed by atoms with van der Waals surface area (Å²) in [5, 5.41) is 3.98. The van der Waals surface area contributed by atoms with Crippen LogP contribution in [-0.2, 0) is 17.8 Å². The minimum Gasteiger partial charge on any atom is -0.352 e. The third-order valence-electron chi connectivity index (χ3n) is 6.91. The number of benzene rings is 1. The summed E-state index contributed by atoms with van der Waals surface area (Å²) in [7, 11) is 0. The van der Waals surface area contributed by atoms with E-state index in [-0.39, 0.29) is 18.1 Å². The number of imidazole rings is 1. The second-order valence-corrected chi connectivity index (χ2v) is 9.12. The van der Waals surface area contributed by atoms with Crippen LogP contribution in [0.4, 0.5) is 4.39 Å². The molecule has 0 aliphatic heterocycles.